The van der Waals surface area contributed by atoms with Crippen LogP contribution in [0.15, 0.2) is 48.7 Å². The molecule has 1 aliphatic heterocycles. The van der Waals surface area contributed by atoms with Gasteiger partial charge in [-0.15, -0.1) is 0 Å². The molecular weight excluding hydrogens is 308 g/mol. The largest absolute Gasteiger partial charge is 0.480 e. The predicted molar refractivity (Wildman–Crippen MR) is 87.1 cm³/mol. The number of carboxylic acids is 1. The van der Waals surface area contributed by atoms with E-state index in [4.69, 9.17) is 4.74 Å². The van der Waals surface area contributed by atoms with E-state index in [-0.39, 0.29) is 11.6 Å². The number of hydrogen-bond donors (Lipinski definition) is 1. The van der Waals surface area contributed by atoms with Gasteiger partial charge in [-0.05, 0) is 44.0 Å². The average Bonchev–Trinajstić information content (AvgIpc) is 2.99. The molecule has 0 radical (unpaired) electrons. The number of para-hydroxylation sites is 1. The summed E-state index contributed by atoms with van der Waals surface area (Å²) in [5.41, 5.74) is -0.956. The lowest BCUT2D eigenvalue weighted by Gasteiger charge is -2.30. The van der Waals surface area contributed by atoms with Gasteiger partial charge in [-0.3, -0.25) is 4.79 Å². The number of carboxylic acid groups (broad SMARTS) is 1. The summed E-state index contributed by atoms with van der Waals surface area (Å²) in [4.78, 5) is 29.6. The van der Waals surface area contributed by atoms with Crippen LogP contribution in [0.4, 0.5) is 0 Å². The van der Waals surface area contributed by atoms with Crippen molar-refractivity contribution in [3.8, 4) is 11.5 Å². The van der Waals surface area contributed by atoms with Gasteiger partial charge < -0.3 is 14.7 Å². The highest BCUT2D eigenvalue weighted by Gasteiger charge is 2.46. The van der Waals surface area contributed by atoms with Crippen molar-refractivity contribution in [2.75, 3.05) is 6.54 Å². The molecule has 2 aromatic rings. The number of pyridine rings is 1. The number of ether oxygens (including phenoxy) is 1. The molecule has 0 spiro atoms. The number of nitrogens with zero attached hydrogens (tertiary/aromatic N) is 2. The monoisotopic (exact) mass is 326 g/mol. The molecule has 1 saturated heterocycles. The summed E-state index contributed by atoms with van der Waals surface area (Å²) in [6.45, 7) is 2.00. The molecule has 1 fully saturated rings. The van der Waals surface area contributed by atoms with Crippen molar-refractivity contribution >= 4 is 11.9 Å². The third-order valence-electron chi connectivity index (χ3n) is 4.28. The van der Waals surface area contributed by atoms with E-state index < -0.39 is 11.5 Å². The smallest absolute Gasteiger partial charge is 0.329 e. The van der Waals surface area contributed by atoms with Crippen molar-refractivity contribution in [3.05, 3.63) is 54.4 Å². The Morgan fingerprint density at radius 3 is 2.54 bits per heavy atom. The van der Waals surface area contributed by atoms with Gasteiger partial charge in [-0.25, -0.2) is 9.78 Å². The number of amides is 1. The van der Waals surface area contributed by atoms with Crippen LogP contribution in [-0.2, 0) is 4.79 Å². The van der Waals surface area contributed by atoms with Crippen LogP contribution < -0.4 is 4.74 Å². The van der Waals surface area contributed by atoms with Crippen molar-refractivity contribution < 1.29 is 19.4 Å². The zero-order valence-corrected chi connectivity index (χ0v) is 13.3. The lowest BCUT2D eigenvalue weighted by molar-refractivity contribution is -0.147. The molecule has 124 valence electrons. The Morgan fingerprint density at radius 2 is 1.92 bits per heavy atom. The number of carbonyl (C=O) groups is 2. The van der Waals surface area contributed by atoms with Crippen molar-refractivity contribution in [2.45, 2.75) is 25.3 Å². The first-order valence-corrected chi connectivity index (χ1v) is 7.75. The summed E-state index contributed by atoms with van der Waals surface area (Å²) in [6.07, 6.45) is 2.58. The number of carbonyl (C=O) groups excluding carboxylic acids is 1. The van der Waals surface area contributed by atoms with E-state index >= 15 is 0 Å². The summed E-state index contributed by atoms with van der Waals surface area (Å²) in [7, 11) is 0. The second kappa shape index (κ2) is 6.31. The van der Waals surface area contributed by atoms with E-state index in [1.54, 1.807) is 19.1 Å². The number of aromatic nitrogens is 1. The van der Waals surface area contributed by atoms with Crippen LogP contribution in [0.5, 0.6) is 11.5 Å². The molecule has 1 N–H and O–H groups in total. The minimum absolute atomic E-state index is 0.213. The molecule has 6 heteroatoms. The molecule has 1 amide bonds. The Hall–Kier alpha value is -2.89. The third kappa shape index (κ3) is 2.95. The summed E-state index contributed by atoms with van der Waals surface area (Å²) >= 11 is 0. The lowest BCUT2D eigenvalue weighted by atomic mass is 9.99. The van der Waals surface area contributed by atoms with Gasteiger partial charge in [0.05, 0.1) is 6.20 Å². The van der Waals surface area contributed by atoms with Crippen LogP contribution in [0, 0.1) is 0 Å². The molecule has 0 bridgehead atoms. The highest BCUT2D eigenvalue weighted by molar-refractivity contribution is 5.96. The number of aliphatic carboxylic acids is 1. The van der Waals surface area contributed by atoms with E-state index in [1.165, 1.54) is 11.1 Å². The highest BCUT2D eigenvalue weighted by atomic mass is 16.5. The molecule has 1 atom stereocenters. The molecular formula is C18H18N2O4. The van der Waals surface area contributed by atoms with Gasteiger partial charge in [-0.2, -0.15) is 0 Å². The third-order valence-corrected chi connectivity index (χ3v) is 4.28. The van der Waals surface area contributed by atoms with E-state index in [2.05, 4.69) is 4.98 Å². The van der Waals surface area contributed by atoms with Crippen LogP contribution >= 0.6 is 0 Å². The van der Waals surface area contributed by atoms with Gasteiger partial charge in [0, 0.05) is 6.54 Å². The molecule has 0 saturated carbocycles. The van der Waals surface area contributed by atoms with Crippen molar-refractivity contribution in [1.29, 1.82) is 0 Å². The fourth-order valence-electron chi connectivity index (χ4n) is 2.84. The Bertz CT molecular complexity index is 745. The Kier molecular flexibility index (Phi) is 4.20. The van der Waals surface area contributed by atoms with Gasteiger partial charge in [0.2, 0.25) is 0 Å². The van der Waals surface area contributed by atoms with Crippen molar-refractivity contribution in [3.63, 3.8) is 0 Å². The quantitative estimate of drug-likeness (QED) is 0.934. The van der Waals surface area contributed by atoms with E-state index in [0.717, 1.165) is 0 Å². The van der Waals surface area contributed by atoms with Crippen LogP contribution in [0.3, 0.4) is 0 Å². The summed E-state index contributed by atoms with van der Waals surface area (Å²) in [5, 5.41) is 9.41. The van der Waals surface area contributed by atoms with Gasteiger partial charge in [0.1, 0.15) is 22.7 Å². The molecule has 1 unspecified atom stereocenters. The first-order chi connectivity index (χ1) is 11.5. The topological polar surface area (TPSA) is 79.7 Å². The zero-order valence-electron chi connectivity index (χ0n) is 13.3. The average molecular weight is 326 g/mol. The first kappa shape index (κ1) is 16.0. The summed E-state index contributed by atoms with van der Waals surface area (Å²) in [5.74, 6) is -0.169. The highest BCUT2D eigenvalue weighted by Crippen LogP contribution is 2.30. The van der Waals surface area contributed by atoms with Gasteiger partial charge in [0.15, 0.2) is 0 Å². The SMILES string of the molecule is CC1(C(=O)O)CCCN1C(=O)c1ccc(Oc2ccccc2)cn1. The maximum Gasteiger partial charge on any atom is 0.329 e. The minimum atomic E-state index is -1.17. The Morgan fingerprint density at radius 1 is 1.17 bits per heavy atom. The zero-order chi connectivity index (χ0) is 17.2. The van der Waals surface area contributed by atoms with Gasteiger partial charge in [-0.1, -0.05) is 18.2 Å². The minimum Gasteiger partial charge on any atom is -0.480 e. The van der Waals surface area contributed by atoms with E-state index in [0.29, 0.717) is 30.9 Å². The number of benzene rings is 1. The molecule has 1 aliphatic rings. The maximum atomic E-state index is 12.6. The predicted octanol–water partition coefficient (Wildman–Crippen LogP) is 2.95. The normalized spacial score (nSPS) is 20.0. The first-order valence-electron chi connectivity index (χ1n) is 7.75. The number of hydrogen-bond acceptors (Lipinski definition) is 4. The summed E-state index contributed by atoms with van der Waals surface area (Å²) in [6, 6.07) is 12.5. The molecule has 1 aromatic heterocycles. The Balaban J connectivity index is 1.76. The second-order valence-corrected chi connectivity index (χ2v) is 5.93. The van der Waals surface area contributed by atoms with Crippen molar-refractivity contribution in [1.82, 2.24) is 9.88 Å². The molecule has 0 aliphatic carbocycles. The Labute approximate surface area is 139 Å². The standard InChI is InChI=1S/C18H18N2O4/c1-18(17(22)23)10-5-11-20(18)16(21)15-9-8-14(12-19-15)24-13-6-3-2-4-7-13/h2-4,6-9,12H,5,10-11H2,1H3,(H,22,23). The van der Waals surface area contributed by atoms with Crippen molar-refractivity contribution in [2.24, 2.45) is 0 Å². The van der Waals surface area contributed by atoms with Crippen LogP contribution in [0.25, 0.3) is 0 Å². The fraction of sp³-hybridized carbons (Fsp3) is 0.278. The molecule has 3 rings (SSSR count). The molecule has 1 aromatic carbocycles. The van der Waals surface area contributed by atoms with Crippen LogP contribution in [0.2, 0.25) is 0 Å². The fourth-order valence-corrected chi connectivity index (χ4v) is 2.84. The van der Waals surface area contributed by atoms with Gasteiger partial charge >= 0.3 is 5.97 Å². The molecule has 2 heterocycles. The van der Waals surface area contributed by atoms with Crippen LogP contribution in [0.1, 0.15) is 30.3 Å². The summed E-state index contributed by atoms with van der Waals surface area (Å²) < 4.78 is 5.64. The van der Waals surface area contributed by atoms with E-state index in [1.807, 2.05) is 30.3 Å². The second-order valence-electron chi connectivity index (χ2n) is 5.93. The number of rotatable bonds is 4. The van der Waals surface area contributed by atoms with Gasteiger partial charge in [0.25, 0.3) is 5.91 Å². The van der Waals surface area contributed by atoms with E-state index in [9.17, 15) is 14.7 Å². The molecule has 6 nitrogen and oxygen atoms in total. The lowest BCUT2D eigenvalue weighted by Crippen LogP contribution is -2.50. The maximum absolute atomic E-state index is 12.6. The van der Waals surface area contributed by atoms with Crippen LogP contribution in [-0.4, -0.2) is 39.0 Å². The number of likely N-dealkylation sites (tertiary alicyclic amines) is 1. The molecule has 24 heavy (non-hydrogen) atoms.